The maximum atomic E-state index is 14.1. The number of hydrogen-bond acceptors (Lipinski definition) is 7. The quantitative estimate of drug-likeness (QED) is 0.228. The van der Waals surface area contributed by atoms with Crippen LogP contribution in [0.15, 0.2) is 118 Å². The number of nitrogens with one attached hydrogen (secondary N) is 1. The van der Waals surface area contributed by atoms with Gasteiger partial charge < -0.3 is 19.5 Å². The van der Waals surface area contributed by atoms with E-state index in [2.05, 4.69) is 5.32 Å². The van der Waals surface area contributed by atoms with E-state index in [1.165, 1.54) is 24.5 Å². The van der Waals surface area contributed by atoms with Gasteiger partial charge in [-0.1, -0.05) is 65.9 Å². The zero-order valence-electron chi connectivity index (χ0n) is 25.3. The van der Waals surface area contributed by atoms with Crippen LogP contribution in [-0.2, 0) is 11.4 Å². The maximum Gasteiger partial charge on any atom is 0.271 e. The Bertz CT molecular complexity index is 2140. The maximum absolute atomic E-state index is 14.1. The Balaban J connectivity index is 1.39. The molecule has 0 aliphatic carbocycles. The van der Waals surface area contributed by atoms with Gasteiger partial charge in [-0.25, -0.2) is 9.38 Å². The van der Waals surface area contributed by atoms with E-state index in [-0.39, 0.29) is 23.9 Å². The molecule has 6 rings (SSSR count). The van der Waals surface area contributed by atoms with Gasteiger partial charge in [0.1, 0.15) is 18.2 Å². The molecule has 0 spiro atoms. The Labute approximate surface area is 268 Å². The van der Waals surface area contributed by atoms with Gasteiger partial charge in [0.05, 0.1) is 36.1 Å². The molecule has 0 radical (unpaired) electrons. The van der Waals surface area contributed by atoms with Crippen molar-refractivity contribution in [1.82, 2.24) is 4.57 Å². The van der Waals surface area contributed by atoms with Crippen molar-refractivity contribution < 1.29 is 23.4 Å². The first-order valence-corrected chi connectivity index (χ1v) is 15.2. The molecule has 232 valence electrons. The first kappa shape index (κ1) is 30.5. The number of nitrogens with zero attached hydrogens (tertiary/aromatic N) is 2. The average molecular weight is 636 g/mol. The van der Waals surface area contributed by atoms with E-state index in [1.807, 2.05) is 42.5 Å². The van der Waals surface area contributed by atoms with Gasteiger partial charge in [0, 0.05) is 11.3 Å². The van der Waals surface area contributed by atoms with Crippen LogP contribution in [0.4, 0.5) is 10.1 Å². The second kappa shape index (κ2) is 13.3. The van der Waals surface area contributed by atoms with Crippen molar-refractivity contribution >= 4 is 29.0 Å². The largest absolute Gasteiger partial charge is 0.497 e. The minimum absolute atomic E-state index is 0.0325. The summed E-state index contributed by atoms with van der Waals surface area (Å²) in [4.78, 5) is 33.1. The van der Waals surface area contributed by atoms with Gasteiger partial charge in [0.2, 0.25) is 0 Å². The number of amides is 1. The van der Waals surface area contributed by atoms with E-state index in [9.17, 15) is 14.0 Å². The van der Waals surface area contributed by atoms with Crippen molar-refractivity contribution in [3.05, 3.63) is 151 Å². The number of ether oxygens (including phenoxy) is 3. The number of rotatable bonds is 9. The molecule has 0 saturated heterocycles. The van der Waals surface area contributed by atoms with Crippen LogP contribution >= 0.6 is 11.3 Å². The topological polar surface area (TPSA) is 91.2 Å². The minimum Gasteiger partial charge on any atom is -0.497 e. The molecule has 1 aliphatic heterocycles. The highest BCUT2D eigenvalue weighted by Gasteiger charge is 2.32. The van der Waals surface area contributed by atoms with Gasteiger partial charge >= 0.3 is 0 Å². The number of methoxy groups -OCH3 is 2. The smallest absolute Gasteiger partial charge is 0.271 e. The molecule has 4 aromatic carbocycles. The van der Waals surface area contributed by atoms with E-state index in [4.69, 9.17) is 19.2 Å². The number of hydrogen-bond donors (Lipinski definition) is 1. The van der Waals surface area contributed by atoms with E-state index >= 15 is 0 Å². The second-order valence-corrected chi connectivity index (χ2v) is 11.5. The summed E-state index contributed by atoms with van der Waals surface area (Å²) in [6.45, 7) is 1.81. The van der Waals surface area contributed by atoms with Gasteiger partial charge in [-0.3, -0.25) is 14.2 Å². The van der Waals surface area contributed by atoms with Crippen LogP contribution in [0.25, 0.3) is 6.08 Å². The molecule has 1 aliphatic rings. The molecule has 8 nitrogen and oxygen atoms in total. The van der Waals surface area contributed by atoms with Crippen molar-refractivity contribution in [1.29, 1.82) is 0 Å². The number of halogens is 1. The summed E-state index contributed by atoms with van der Waals surface area (Å²) in [6, 6.07) is 27.4. The summed E-state index contributed by atoms with van der Waals surface area (Å²) >= 11 is 1.23. The molecule has 1 amide bonds. The Morgan fingerprint density at radius 2 is 1.74 bits per heavy atom. The Morgan fingerprint density at radius 3 is 2.50 bits per heavy atom. The summed E-state index contributed by atoms with van der Waals surface area (Å²) in [6.07, 6.45) is 1.75. The summed E-state index contributed by atoms with van der Waals surface area (Å²) in [7, 11) is 3.08. The predicted molar refractivity (Wildman–Crippen MR) is 176 cm³/mol. The van der Waals surface area contributed by atoms with Crippen LogP contribution in [-0.4, -0.2) is 24.7 Å². The van der Waals surface area contributed by atoms with Crippen LogP contribution in [0.5, 0.6) is 17.2 Å². The standard InChI is InChI=1S/C36H30FN3O5S/c1-22-32(34(41)39-26-12-5-4-6-13-26)33(24-11-9-14-27(20-24)43-2)40-35(42)31(46-36(40)38-22)19-23-16-17-29(30(18-23)44-3)45-21-25-10-7-8-15-28(25)37/h4-20,33H,21H2,1-3H3,(H,39,41)/b31-19-/t33-/m1/s1. The zero-order valence-corrected chi connectivity index (χ0v) is 26.1. The van der Waals surface area contributed by atoms with Crippen molar-refractivity contribution in [2.24, 2.45) is 4.99 Å². The lowest BCUT2D eigenvalue weighted by Gasteiger charge is -2.25. The first-order valence-electron chi connectivity index (χ1n) is 14.4. The lowest BCUT2D eigenvalue weighted by Crippen LogP contribution is -2.40. The summed E-state index contributed by atoms with van der Waals surface area (Å²) < 4.78 is 33.0. The number of para-hydroxylation sites is 1. The number of aromatic nitrogens is 1. The van der Waals surface area contributed by atoms with Crippen LogP contribution in [0, 0.1) is 5.82 Å². The van der Waals surface area contributed by atoms with Gasteiger partial charge in [0.25, 0.3) is 11.5 Å². The molecule has 2 heterocycles. The highest BCUT2D eigenvalue weighted by Crippen LogP contribution is 2.33. The third-order valence-electron chi connectivity index (χ3n) is 7.53. The molecule has 5 aromatic rings. The average Bonchev–Trinajstić information content (AvgIpc) is 3.37. The summed E-state index contributed by atoms with van der Waals surface area (Å²) in [5, 5.41) is 2.95. The van der Waals surface area contributed by atoms with Crippen LogP contribution < -0.4 is 34.4 Å². The Hall–Kier alpha value is -5.48. The molecule has 1 aromatic heterocycles. The molecule has 46 heavy (non-hydrogen) atoms. The molecule has 10 heteroatoms. The fourth-order valence-corrected chi connectivity index (χ4v) is 6.32. The van der Waals surface area contributed by atoms with Gasteiger partial charge in [-0.05, 0) is 66.6 Å². The molecule has 0 unspecified atom stereocenters. The summed E-state index contributed by atoms with van der Waals surface area (Å²) in [5.41, 5.74) is 3.01. The van der Waals surface area contributed by atoms with Crippen LogP contribution in [0.2, 0.25) is 0 Å². The van der Waals surface area contributed by atoms with Crippen molar-refractivity contribution in [3.63, 3.8) is 0 Å². The van der Waals surface area contributed by atoms with Gasteiger partial charge in [0.15, 0.2) is 16.3 Å². The number of carbonyl (C=O) groups is 1. The summed E-state index contributed by atoms with van der Waals surface area (Å²) in [5.74, 6) is 0.762. The molecule has 1 N–H and O–H groups in total. The number of benzene rings is 4. The molecule has 0 saturated carbocycles. The lowest BCUT2D eigenvalue weighted by molar-refractivity contribution is -0.113. The molecular weight excluding hydrogens is 605 g/mol. The Kier molecular flexibility index (Phi) is 8.80. The van der Waals surface area contributed by atoms with Crippen LogP contribution in [0.1, 0.15) is 29.7 Å². The van der Waals surface area contributed by atoms with Gasteiger partial charge in [-0.15, -0.1) is 0 Å². The third-order valence-corrected chi connectivity index (χ3v) is 8.52. The van der Waals surface area contributed by atoms with E-state index in [1.54, 1.807) is 73.2 Å². The minimum atomic E-state index is -0.749. The molecule has 0 fully saturated rings. The highest BCUT2D eigenvalue weighted by molar-refractivity contribution is 7.07. The number of thiazole rings is 1. The first-order chi connectivity index (χ1) is 22.4. The highest BCUT2D eigenvalue weighted by atomic mass is 32.1. The van der Waals surface area contributed by atoms with Gasteiger partial charge in [-0.2, -0.15) is 0 Å². The molecular formula is C36H30FN3O5S. The third kappa shape index (κ3) is 6.20. The fraction of sp³-hybridized carbons (Fsp3) is 0.139. The fourth-order valence-electron chi connectivity index (χ4n) is 5.27. The second-order valence-electron chi connectivity index (χ2n) is 10.5. The number of fused-ring (bicyclic) bond motifs is 1. The lowest BCUT2D eigenvalue weighted by atomic mass is 9.95. The number of anilines is 1. The van der Waals surface area contributed by atoms with Crippen molar-refractivity contribution in [2.45, 2.75) is 19.6 Å². The molecule has 1 atom stereocenters. The van der Waals surface area contributed by atoms with E-state index in [0.717, 1.165) is 0 Å². The predicted octanol–water partition coefficient (Wildman–Crippen LogP) is 5.61. The van der Waals surface area contributed by atoms with Crippen molar-refractivity contribution in [3.8, 4) is 17.2 Å². The van der Waals surface area contributed by atoms with Crippen molar-refractivity contribution in [2.75, 3.05) is 19.5 Å². The van der Waals surface area contributed by atoms with E-state index in [0.29, 0.717) is 60.2 Å². The zero-order chi connectivity index (χ0) is 32.2. The monoisotopic (exact) mass is 635 g/mol. The van der Waals surface area contributed by atoms with Crippen LogP contribution in [0.3, 0.4) is 0 Å². The Morgan fingerprint density at radius 1 is 0.957 bits per heavy atom. The van der Waals surface area contributed by atoms with E-state index < -0.39 is 6.04 Å². The number of allylic oxidation sites excluding steroid dienone is 1. The normalized spacial score (nSPS) is 14.3. The molecule has 0 bridgehead atoms. The SMILES string of the molecule is COc1cccc([C@@H]2C(C(=O)Nc3ccccc3)=C(C)N=c3s/c(=C\c4ccc(OCc5ccccc5F)c(OC)c4)c(=O)n32)c1. The number of carbonyl (C=O) groups excluding carboxylic acids is 1.